The summed E-state index contributed by atoms with van der Waals surface area (Å²) in [5.74, 6) is 0.510. The molecule has 2 aromatic rings. The van der Waals surface area contributed by atoms with E-state index in [1.165, 1.54) is 0 Å². The van der Waals surface area contributed by atoms with Crippen LogP contribution in [-0.2, 0) is 9.84 Å². The third kappa shape index (κ3) is 2.05. The quantitative estimate of drug-likeness (QED) is 0.795. The molecule has 0 radical (unpaired) electrons. The van der Waals surface area contributed by atoms with Gasteiger partial charge in [-0.15, -0.1) is 0 Å². The number of nitrogens with zero attached hydrogens (tertiary/aromatic N) is 2. The first-order valence-electron chi connectivity index (χ1n) is 5.38. The van der Waals surface area contributed by atoms with E-state index in [0.717, 1.165) is 11.3 Å². The molecule has 90 valence electrons. The van der Waals surface area contributed by atoms with Gasteiger partial charge in [-0.25, -0.2) is 13.4 Å². The molecule has 3 rings (SSSR count). The number of pyridine rings is 1. The van der Waals surface area contributed by atoms with E-state index in [0.29, 0.717) is 11.4 Å². The zero-order chi connectivity index (χ0) is 12.0. The molecule has 1 unspecified atom stereocenters. The van der Waals surface area contributed by atoms with E-state index in [9.17, 15) is 8.42 Å². The second-order valence-electron chi connectivity index (χ2n) is 4.38. The largest absolute Gasteiger partial charge is 0.305 e. The van der Waals surface area contributed by atoms with Crippen LogP contribution in [0.25, 0.3) is 5.65 Å². The molecule has 1 saturated heterocycles. The highest BCUT2D eigenvalue weighted by Gasteiger charge is 2.30. The van der Waals surface area contributed by atoms with Crippen molar-refractivity contribution in [3.8, 4) is 0 Å². The molecule has 4 nitrogen and oxygen atoms in total. The van der Waals surface area contributed by atoms with E-state index in [2.05, 4.69) is 4.98 Å². The van der Waals surface area contributed by atoms with Crippen molar-refractivity contribution in [2.45, 2.75) is 12.3 Å². The molecular weight excluding hydrogens is 260 g/mol. The van der Waals surface area contributed by atoms with Gasteiger partial charge in [0.1, 0.15) is 5.65 Å². The fraction of sp³-hybridized carbons (Fsp3) is 0.364. The molecule has 6 heteroatoms. The Morgan fingerprint density at radius 1 is 1.35 bits per heavy atom. The van der Waals surface area contributed by atoms with Crippen LogP contribution in [0.2, 0.25) is 5.02 Å². The fourth-order valence-corrected chi connectivity index (χ4v) is 4.14. The van der Waals surface area contributed by atoms with Gasteiger partial charge >= 0.3 is 0 Å². The Balaban J connectivity index is 2.02. The normalized spacial score (nSPS) is 23.2. The van der Waals surface area contributed by atoms with Gasteiger partial charge in [0, 0.05) is 18.3 Å². The summed E-state index contributed by atoms with van der Waals surface area (Å²) in [6.45, 7) is 0. The monoisotopic (exact) mass is 270 g/mol. The van der Waals surface area contributed by atoms with Crippen LogP contribution < -0.4 is 0 Å². The van der Waals surface area contributed by atoms with Crippen LogP contribution in [0.15, 0.2) is 24.5 Å². The first kappa shape index (κ1) is 11.0. The van der Waals surface area contributed by atoms with Crippen molar-refractivity contribution < 1.29 is 8.42 Å². The van der Waals surface area contributed by atoms with Crippen molar-refractivity contribution in [2.75, 3.05) is 11.5 Å². The van der Waals surface area contributed by atoms with Gasteiger partial charge in [0.25, 0.3) is 0 Å². The van der Waals surface area contributed by atoms with Gasteiger partial charge in [-0.3, -0.25) is 0 Å². The molecule has 0 bridgehead atoms. The van der Waals surface area contributed by atoms with Gasteiger partial charge in [-0.2, -0.15) is 0 Å². The molecule has 0 saturated carbocycles. The van der Waals surface area contributed by atoms with Crippen molar-refractivity contribution in [3.63, 3.8) is 0 Å². The number of aromatic nitrogens is 2. The molecule has 1 aliphatic rings. The zero-order valence-electron chi connectivity index (χ0n) is 9.01. The molecule has 17 heavy (non-hydrogen) atoms. The molecule has 0 N–H and O–H groups in total. The minimum Gasteiger partial charge on any atom is -0.305 e. The highest BCUT2D eigenvalue weighted by molar-refractivity contribution is 7.91. The molecule has 0 spiro atoms. The topological polar surface area (TPSA) is 51.4 Å². The molecule has 0 aliphatic carbocycles. The summed E-state index contributed by atoms with van der Waals surface area (Å²) in [6.07, 6.45) is 4.31. The minimum atomic E-state index is -2.86. The number of hydrogen-bond acceptors (Lipinski definition) is 3. The Morgan fingerprint density at radius 3 is 2.88 bits per heavy atom. The second kappa shape index (κ2) is 3.71. The van der Waals surface area contributed by atoms with Crippen LogP contribution in [0, 0.1) is 0 Å². The Bertz CT molecular complexity index is 678. The number of fused-ring (bicyclic) bond motifs is 1. The third-order valence-electron chi connectivity index (χ3n) is 3.08. The lowest BCUT2D eigenvalue weighted by molar-refractivity contribution is 0.601. The van der Waals surface area contributed by atoms with Crippen molar-refractivity contribution >= 4 is 27.1 Å². The average Bonchev–Trinajstić information content (AvgIpc) is 2.80. The van der Waals surface area contributed by atoms with Crippen LogP contribution in [0.1, 0.15) is 18.0 Å². The minimum absolute atomic E-state index is 0.0266. The lowest BCUT2D eigenvalue weighted by Crippen LogP contribution is -2.03. The molecule has 2 aromatic heterocycles. The van der Waals surface area contributed by atoms with E-state index in [-0.39, 0.29) is 17.4 Å². The van der Waals surface area contributed by atoms with Gasteiger partial charge < -0.3 is 4.40 Å². The molecule has 0 amide bonds. The maximum absolute atomic E-state index is 11.4. The summed E-state index contributed by atoms with van der Waals surface area (Å²) in [5, 5.41) is 0.639. The number of sulfone groups is 1. The van der Waals surface area contributed by atoms with E-state index in [1.807, 2.05) is 16.7 Å². The van der Waals surface area contributed by atoms with Crippen LogP contribution in [0.3, 0.4) is 0 Å². The Kier molecular flexibility index (Phi) is 2.41. The fourth-order valence-electron chi connectivity index (χ4n) is 2.21. The zero-order valence-corrected chi connectivity index (χ0v) is 10.6. The standard InChI is InChI=1S/C11H11ClN2O2S/c12-9-1-2-11-13-10(6-14(11)5-9)8-3-4-17(15,16)7-8/h1-2,5-6,8H,3-4,7H2. The smallest absolute Gasteiger partial charge is 0.151 e. The summed E-state index contributed by atoms with van der Waals surface area (Å²) in [4.78, 5) is 4.44. The van der Waals surface area contributed by atoms with Gasteiger partial charge in [0.05, 0.1) is 22.2 Å². The van der Waals surface area contributed by atoms with Crippen LogP contribution >= 0.6 is 11.6 Å². The lowest BCUT2D eigenvalue weighted by atomic mass is 10.1. The summed E-state index contributed by atoms with van der Waals surface area (Å²) in [6, 6.07) is 3.61. The summed E-state index contributed by atoms with van der Waals surface area (Å²) < 4.78 is 24.7. The summed E-state index contributed by atoms with van der Waals surface area (Å²) in [5.41, 5.74) is 1.64. The van der Waals surface area contributed by atoms with E-state index in [1.54, 1.807) is 12.3 Å². The predicted octanol–water partition coefficient (Wildman–Crippen LogP) is 1.89. The number of halogens is 1. The number of rotatable bonds is 1. The van der Waals surface area contributed by atoms with Crippen LogP contribution in [0.4, 0.5) is 0 Å². The first-order chi connectivity index (χ1) is 8.03. The van der Waals surface area contributed by atoms with Gasteiger partial charge in [0.2, 0.25) is 0 Å². The Morgan fingerprint density at radius 2 is 2.18 bits per heavy atom. The molecule has 1 aliphatic heterocycles. The molecule has 1 atom stereocenters. The Labute approximate surface area is 104 Å². The molecule has 3 heterocycles. The van der Waals surface area contributed by atoms with Crippen LogP contribution in [-0.4, -0.2) is 29.3 Å². The van der Waals surface area contributed by atoms with E-state index < -0.39 is 9.84 Å². The summed E-state index contributed by atoms with van der Waals surface area (Å²) in [7, 11) is -2.86. The highest BCUT2D eigenvalue weighted by Crippen LogP contribution is 2.28. The molecule has 0 aromatic carbocycles. The van der Waals surface area contributed by atoms with Crippen molar-refractivity contribution in [1.82, 2.24) is 9.38 Å². The predicted molar refractivity (Wildman–Crippen MR) is 66.2 cm³/mol. The van der Waals surface area contributed by atoms with E-state index in [4.69, 9.17) is 11.6 Å². The third-order valence-corrected chi connectivity index (χ3v) is 5.08. The van der Waals surface area contributed by atoms with Gasteiger partial charge in [0.15, 0.2) is 9.84 Å². The molecule has 1 fully saturated rings. The highest BCUT2D eigenvalue weighted by atomic mass is 35.5. The molecular formula is C11H11ClN2O2S. The maximum Gasteiger partial charge on any atom is 0.151 e. The maximum atomic E-state index is 11.4. The van der Waals surface area contributed by atoms with Gasteiger partial charge in [-0.05, 0) is 18.6 Å². The SMILES string of the molecule is O=S1(=O)CCC(c2cn3cc(Cl)ccc3n2)C1. The average molecular weight is 271 g/mol. The lowest BCUT2D eigenvalue weighted by Gasteiger charge is -2.00. The number of hydrogen-bond donors (Lipinski definition) is 0. The van der Waals surface area contributed by atoms with Crippen LogP contribution in [0.5, 0.6) is 0 Å². The van der Waals surface area contributed by atoms with Crippen molar-refractivity contribution in [2.24, 2.45) is 0 Å². The van der Waals surface area contributed by atoms with Crippen molar-refractivity contribution in [1.29, 1.82) is 0 Å². The first-order valence-corrected chi connectivity index (χ1v) is 7.58. The van der Waals surface area contributed by atoms with Crippen molar-refractivity contribution in [3.05, 3.63) is 35.2 Å². The summed E-state index contributed by atoms with van der Waals surface area (Å²) >= 11 is 5.89. The second-order valence-corrected chi connectivity index (χ2v) is 7.04. The number of imidazole rings is 1. The van der Waals surface area contributed by atoms with Gasteiger partial charge in [-0.1, -0.05) is 11.6 Å². The van der Waals surface area contributed by atoms with E-state index >= 15 is 0 Å². The Hall–Kier alpha value is -1.07.